The molecule has 6 nitrogen and oxygen atoms in total. The van der Waals surface area contributed by atoms with Gasteiger partial charge in [0.1, 0.15) is 5.54 Å². The molecule has 0 radical (unpaired) electrons. The zero-order valence-electron chi connectivity index (χ0n) is 19.3. The SMILES string of the molecule is CC(=O)c1cccc(-c2ccc([C@H](N(C(=O)[C@@H](N)CC(C)C)C3(C#N)CC3)C(F)(F)F)nc2)c1. The summed E-state index contributed by atoms with van der Waals surface area (Å²) in [4.78, 5) is 29.5. The number of rotatable bonds is 8. The maximum atomic E-state index is 14.4. The van der Waals surface area contributed by atoms with Gasteiger partial charge in [0.15, 0.2) is 11.8 Å². The molecule has 34 heavy (non-hydrogen) atoms. The topological polar surface area (TPSA) is 100 Å². The van der Waals surface area contributed by atoms with Crippen LogP contribution in [0.25, 0.3) is 11.1 Å². The zero-order valence-corrected chi connectivity index (χ0v) is 19.3. The molecule has 1 heterocycles. The highest BCUT2D eigenvalue weighted by Crippen LogP contribution is 2.50. The van der Waals surface area contributed by atoms with Crippen LogP contribution >= 0.6 is 0 Å². The molecule has 180 valence electrons. The van der Waals surface area contributed by atoms with Gasteiger partial charge < -0.3 is 10.6 Å². The van der Waals surface area contributed by atoms with Gasteiger partial charge in [-0.15, -0.1) is 0 Å². The Bertz CT molecular complexity index is 1100. The van der Waals surface area contributed by atoms with Gasteiger partial charge in [-0.25, -0.2) is 0 Å². The number of nitriles is 1. The molecule has 2 N–H and O–H groups in total. The van der Waals surface area contributed by atoms with E-state index in [-0.39, 0.29) is 31.0 Å². The van der Waals surface area contributed by atoms with Crippen LogP contribution in [-0.2, 0) is 4.79 Å². The predicted molar refractivity (Wildman–Crippen MR) is 120 cm³/mol. The minimum absolute atomic E-state index is 0.00875. The second-order valence-corrected chi connectivity index (χ2v) is 9.14. The van der Waals surface area contributed by atoms with Crippen molar-refractivity contribution in [3.8, 4) is 17.2 Å². The van der Waals surface area contributed by atoms with Crippen molar-refractivity contribution in [2.75, 3.05) is 0 Å². The van der Waals surface area contributed by atoms with Crippen molar-refractivity contribution in [3.63, 3.8) is 0 Å². The third-order valence-corrected chi connectivity index (χ3v) is 5.91. The number of aromatic nitrogens is 1. The van der Waals surface area contributed by atoms with Crippen molar-refractivity contribution >= 4 is 11.7 Å². The van der Waals surface area contributed by atoms with E-state index in [1.807, 2.05) is 19.9 Å². The number of carbonyl (C=O) groups excluding carboxylic acids is 2. The van der Waals surface area contributed by atoms with E-state index >= 15 is 0 Å². The number of carbonyl (C=O) groups is 2. The Morgan fingerprint density at radius 3 is 2.35 bits per heavy atom. The Morgan fingerprint density at radius 2 is 1.88 bits per heavy atom. The maximum Gasteiger partial charge on any atom is 0.414 e. The number of nitrogens with zero attached hydrogens (tertiary/aromatic N) is 3. The summed E-state index contributed by atoms with van der Waals surface area (Å²) < 4.78 is 43.1. The van der Waals surface area contributed by atoms with Gasteiger partial charge in [-0.3, -0.25) is 14.6 Å². The first kappa shape index (κ1) is 25.4. The summed E-state index contributed by atoms with van der Waals surface area (Å²) in [6, 6.07) is 7.69. The van der Waals surface area contributed by atoms with Crippen LogP contribution in [0, 0.1) is 17.2 Å². The molecule has 0 bridgehead atoms. The van der Waals surface area contributed by atoms with Crippen LogP contribution in [-0.4, -0.2) is 39.3 Å². The summed E-state index contributed by atoms with van der Waals surface area (Å²) in [5.41, 5.74) is 5.64. The molecule has 0 aliphatic heterocycles. The predicted octanol–water partition coefficient (Wildman–Crippen LogP) is 4.81. The molecule has 0 unspecified atom stereocenters. The van der Waals surface area contributed by atoms with Gasteiger partial charge >= 0.3 is 6.18 Å². The molecule has 0 saturated heterocycles. The van der Waals surface area contributed by atoms with Crippen LogP contribution in [0.1, 0.15) is 62.1 Å². The third kappa shape index (κ3) is 5.28. The lowest BCUT2D eigenvalue weighted by atomic mass is 9.98. The van der Waals surface area contributed by atoms with Crippen LogP contribution in [0.5, 0.6) is 0 Å². The van der Waals surface area contributed by atoms with Crippen LogP contribution in [0.2, 0.25) is 0 Å². The fourth-order valence-electron chi connectivity index (χ4n) is 4.00. The molecule has 3 rings (SSSR count). The van der Waals surface area contributed by atoms with Crippen molar-refractivity contribution in [2.45, 2.75) is 63.8 Å². The number of halogens is 3. The van der Waals surface area contributed by atoms with Gasteiger partial charge in [0.25, 0.3) is 0 Å². The largest absolute Gasteiger partial charge is 0.414 e. The second kappa shape index (κ2) is 9.55. The molecule has 1 aliphatic carbocycles. The van der Waals surface area contributed by atoms with Crippen molar-refractivity contribution in [1.82, 2.24) is 9.88 Å². The number of alkyl halides is 3. The van der Waals surface area contributed by atoms with Crippen LogP contribution in [0.3, 0.4) is 0 Å². The number of amides is 1. The monoisotopic (exact) mass is 472 g/mol. The van der Waals surface area contributed by atoms with Gasteiger partial charge in [-0.1, -0.05) is 38.1 Å². The van der Waals surface area contributed by atoms with E-state index in [2.05, 4.69) is 4.98 Å². The van der Waals surface area contributed by atoms with Gasteiger partial charge in [0, 0.05) is 17.3 Å². The number of Topliss-reactive ketones (excluding diaryl/α,β-unsaturated/α-hetero) is 1. The molecule has 2 aromatic rings. The summed E-state index contributed by atoms with van der Waals surface area (Å²) in [7, 11) is 0. The fraction of sp³-hybridized carbons (Fsp3) is 0.440. The lowest BCUT2D eigenvalue weighted by Crippen LogP contribution is -2.55. The third-order valence-electron chi connectivity index (χ3n) is 5.91. The number of benzene rings is 1. The summed E-state index contributed by atoms with van der Waals surface area (Å²) in [6.07, 6.45) is -3.11. The van der Waals surface area contributed by atoms with E-state index < -0.39 is 35.4 Å². The minimum Gasteiger partial charge on any atom is -0.320 e. The molecule has 1 saturated carbocycles. The van der Waals surface area contributed by atoms with E-state index in [9.17, 15) is 28.0 Å². The summed E-state index contributed by atoms with van der Waals surface area (Å²) in [5, 5.41) is 9.66. The van der Waals surface area contributed by atoms with E-state index in [1.165, 1.54) is 25.3 Å². The molecular weight excluding hydrogens is 445 g/mol. The number of hydrogen-bond donors (Lipinski definition) is 1. The molecule has 1 aliphatic rings. The van der Waals surface area contributed by atoms with Crippen molar-refractivity contribution < 1.29 is 22.8 Å². The van der Waals surface area contributed by atoms with E-state index in [0.717, 1.165) is 0 Å². The first-order valence-electron chi connectivity index (χ1n) is 11.0. The summed E-state index contributed by atoms with van der Waals surface area (Å²) in [5.74, 6) is -1.05. The quantitative estimate of drug-likeness (QED) is 0.556. The molecule has 1 amide bonds. The molecule has 1 aromatic heterocycles. The van der Waals surface area contributed by atoms with E-state index in [0.29, 0.717) is 21.6 Å². The fourth-order valence-corrected chi connectivity index (χ4v) is 4.00. The van der Waals surface area contributed by atoms with E-state index in [4.69, 9.17) is 5.73 Å². The highest BCUT2D eigenvalue weighted by molar-refractivity contribution is 5.95. The Hall–Kier alpha value is -3.25. The standard InChI is InChI=1S/C25H27F3N4O2/c1-15(2)11-20(30)23(34)32(24(14-29)9-10-24)22(25(26,27)28)21-8-7-19(13-31-21)18-6-4-5-17(12-18)16(3)33/h4-8,12-13,15,20,22H,9-11,30H2,1-3H3/t20-,22-/m0/s1. The average molecular weight is 473 g/mol. The molecule has 1 fully saturated rings. The van der Waals surface area contributed by atoms with Crippen molar-refractivity contribution in [2.24, 2.45) is 11.7 Å². The Labute approximate surface area is 196 Å². The highest BCUT2D eigenvalue weighted by atomic mass is 19.4. The Kier molecular flexibility index (Phi) is 7.13. The number of ketones is 1. The van der Waals surface area contributed by atoms with Crippen molar-refractivity contribution in [3.05, 3.63) is 53.9 Å². The second-order valence-electron chi connectivity index (χ2n) is 9.14. The van der Waals surface area contributed by atoms with Crippen LogP contribution < -0.4 is 5.73 Å². The van der Waals surface area contributed by atoms with Crippen LogP contribution in [0.4, 0.5) is 13.2 Å². The van der Waals surface area contributed by atoms with Gasteiger partial charge in [0.05, 0.1) is 17.8 Å². The number of nitrogens with two attached hydrogens (primary N) is 1. The normalized spacial score (nSPS) is 16.4. The maximum absolute atomic E-state index is 14.4. The average Bonchev–Trinajstić information content (AvgIpc) is 3.57. The summed E-state index contributed by atoms with van der Waals surface area (Å²) >= 11 is 0. The van der Waals surface area contributed by atoms with Gasteiger partial charge in [-0.2, -0.15) is 18.4 Å². The smallest absolute Gasteiger partial charge is 0.320 e. The zero-order chi connectivity index (χ0) is 25.3. The Balaban J connectivity index is 2.03. The van der Waals surface area contributed by atoms with E-state index in [1.54, 1.807) is 24.3 Å². The van der Waals surface area contributed by atoms with Crippen molar-refractivity contribution in [1.29, 1.82) is 5.26 Å². The molecule has 9 heteroatoms. The molecule has 0 spiro atoms. The minimum atomic E-state index is -4.87. The van der Waals surface area contributed by atoms with Gasteiger partial charge in [-0.05, 0) is 49.8 Å². The summed E-state index contributed by atoms with van der Waals surface area (Å²) in [6.45, 7) is 5.06. The Morgan fingerprint density at radius 1 is 1.21 bits per heavy atom. The first-order valence-corrected chi connectivity index (χ1v) is 11.0. The van der Waals surface area contributed by atoms with Gasteiger partial charge in [0.2, 0.25) is 5.91 Å². The molecule has 2 atom stereocenters. The molecule has 1 aromatic carbocycles. The lowest BCUT2D eigenvalue weighted by molar-refractivity contribution is -0.198. The molecular formula is C25H27F3N4O2. The lowest BCUT2D eigenvalue weighted by Gasteiger charge is -2.37. The number of pyridine rings is 1. The first-order chi connectivity index (χ1) is 15.9. The number of hydrogen-bond acceptors (Lipinski definition) is 5. The van der Waals surface area contributed by atoms with Crippen LogP contribution in [0.15, 0.2) is 42.6 Å². The highest BCUT2D eigenvalue weighted by Gasteiger charge is 2.60.